The van der Waals surface area contributed by atoms with Crippen molar-refractivity contribution in [2.24, 2.45) is 0 Å². The second kappa shape index (κ2) is 12.4. The average Bonchev–Trinajstić information content (AvgIpc) is 2.84. The molecule has 9 heteroatoms. The highest BCUT2D eigenvalue weighted by Gasteiger charge is 2.24. The molecular formula is C28H31N3O6. The molecule has 1 atom stereocenters. The van der Waals surface area contributed by atoms with Crippen molar-refractivity contribution in [2.75, 3.05) is 5.32 Å². The van der Waals surface area contributed by atoms with Crippen molar-refractivity contribution in [3.05, 3.63) is 95.6 Å². The lowest BCUT2D eigenvalue weighted by Gasteiger charge is -2.20. The Morgan fingerprint density at radius 1 is 0.865 bits per heavy atom. The monoisotopic (exact) mass is 505 g/mol. The van der Waals surface area contributed by atoms with Crippen LogP contribution in [0, 0.1) is 0 Å². The van der Waals surface area contributed by atoms with Gasteiger partial charge < -0.3 is 30.5 Å². The number of aromatic hydroxyl groups is 1. The van der Waals surface area contributed by atoms with Crippen molar-refractivity contribution < 1.29 is 29.0 Å². The average molecular weight is 506 g/mol. The third-order valence-corrected chi connectivity index (χ3v) is 4.97. The summed E-state index contributed by atoms with van der Waals surface area (Å²) in [5, 5.41) is 17.9. The number of amides is 3. The maximum Gasteiger partial charge on any atom is 0.408 e. The number of phenolic OH excluding ortho intramolecular Hbond substituents is 1. The first kappa shape index (κ1) is 27.1. The Hall–Kier alpha value is -4.53. The highest BCUT2D eigenvalue weighted by molar-refractivity contribution is 5.97. The summed E-state index contributed by atoms with van der Waals surface area (Å²) < 4.78 is 10.5. The number of rotatable bonds is 8. The molecule has 0 saturated heterocycles. The molecule has 37 heavy (non-hydrogen) atoms. The van der Waals surface area contributed by atoms with Gasteiger partial charge in [-0.25, -0.2) is 9.59 Å². The lowest BCUT2D eigenvalue weighted by molar-refractivity contribution is -0.118. The number of ether oxygens (including phenoxy) is 2. The van der Waals surface area contributed by atoms with Gasteiger partial charge in [0.05, 0.1) is 0 Å². The molecule has 0 spiro atoms. The Bertz CT molecular complexity index is 1220. The molecule has 0 unspecified atom stereocenters. The Kier molecular flexibility index (Phi) is 9.10. The molecule has 0 fully saturated rings. The maximum absolute atomic E-state index is 13.2. The van der Waals surface area contributed by atoms with Crippen LogP contribution < -0.4 is 16.0 Å². The van der Waals surface area contributed by atoms with E-state index < -0.39 is 29.7 Å². The fraction of sp³-hybridized carbons (Fsp3) is 0.250. The van der Waals surface area contributed by atoms with E-state index >= 15 is 0 Å². The molecule has 3 aromatic carbocycles. The molecule has 3 rings (SSSR count). The summed E-state index contributed by atoms with van der Waals surface area (Å²) in [6.07, 6.45) is -1.34. The number of carbonyl (C=O) groups is 3. The largest absolute Gasteiger partial charge is 0.508 e. The molecule has 0 bridgehead atoms. The summed E-state index contributed by atoms with van der Waals surface area (Å²) in [5.41, 5.74) is 1.74. The molecule has 3 amide bonds. The van der Waals surface area contributed by atoms with E-state index in [2.05, 4.69) is 16.0 Å². The van der Waals surface area contributed by atoms with E-state index in [0.29, 0.717) is 11.3 Å². The van der Waals surface area contributed by atoms with E-state index in [-0.39, 0.29) is 18.9 Å². The molecule has 0 saturated carbocycles. The van der Waals surface area contributed by atoms with Gasteiger partial charge in [0.2, 0.25) is 0 Å². The molecule has 0 aliphatic heterocycles. The summed E-state index contributed by atoms with van der Waals surface area (Å²) in [7, 11) is 0. The van der Waals surface area contributed by atoms with Gasteiger partial charge in [0.15, 0.2) is 0 Å². The number of hydrogen-bond donors (Lipinski definition) is 4. The fourth-order valence-electron chi connectivity index (χ4n) is 3.35. The van der Waals surface area contributed by atoms with Crippen LogP contribution in [0.4, 0.5) is 15.3 Å². The Balaban J connectivity index is 1.68. The number of alkyl carbamates (subject to hydrolysis) is 2. The Morgan fingerprint density at radius 2 is 1.57 bits per heavy atom. The second-order valence-corrected chi connectivity index (χ2v) is 9.28. The van der Waals surface area contributed by atoms with Crippen LogP contribution in [-0.2, 0) is 27.4 Å². The van der Waals surface area contributed by atoms with Crippen LogP contribution in [-0.4, -0.2) is 28.8 Å². The first-order valence-electron chi connectivity index (χ1n) is 11.7. The van der Waals surface area contributed by atoms with Crippen LogP contribution in [0.25, 0.3) is 0 Å². The zero-order chi connectivity index (χ0) is 26.8. The van der Waals surface area contributed by atoms with Crippen LogP contribution in [0.1, 0.15) is 43.5 Å². The lowest BCUT2D eigenvalue weighted by atomic mass is 10.1. The molecule has 0 aliphatic carbocycles. The molecule has 0 heterocycles. The van der Waals surface area contributed by atoms with Gasteiger partial charge in [-0.2, -0.15) is 0 Å². The predicted octanol–water partition coefficient (Wildman–Crippen LogP) is 5.02. The van der Waals surface area contributed by atoms with Crippen LogP contribution in [0.15, 0.2) is 78.9 Å². The van der Waals surface area contributed by atoms with Crippen molar-refractivity contribution in [3.63, 3.8) is 0 Å². The summed E-state index contributed by atoms with van der Waals surface area (Å²) >= 11 is 0. The van der Waals surface area contributed by atoms with E-state index in [1.165, 1.54) is 12.1 Å². The molecular weight excluding hydrogens is 474 g/mol. The van der Waals surface area contributed by atoms with Crippen molar-refractivity contribution in [3.8, 4) is 5.75 Å². The molecule has 0 aliphatic rings. The maximum atomic E-state index is 13.2. The van der Waals surface area contributed by atoms with E-state index in [9.17, 15) is 19.5 Å². The zero-order valence-electron chi connectivity index (χ0n) is 21.0. The topological polar surface area (TPSA) is 126 Å². The fourth-order valence-corrected chi connectivity index (χ4v) is 3.35. The summed E-state index contributed by atoms with van der Waals surface area (Å²) in [4.78, 5) is 37.7. The summed E-state index contributed by atoms with van der Waals surface area (Å²) in [6, 6.07) is 21.0. The van der Waals surface area contributed by atoms with E-state index in [1.54, 1.807) is 57.2 Å². The molecule has 0 radical (unpaired) electrons. The van der Waals surface area contributed by atoms with Crippen LogP contribution in [0.2, 0.25) is 0 Å². The first-order chi connectivity index (χ1) is 17.6. The van der Waals surface area contributed by atoms with Gasteiger partial charge in [0.25, 0.3) is 5.91 Å². The van der Waals surface area contributed by atoms with Crippen LogP contribution in [0.5, 0.6) is 5.75 Å². The second-order valence-electron chi connectivity index (χ2n) is 9.28. The standard InChI is InChI=1S/C28H31N3O6/c1-28(2,3)37-26(34)29-17-20-11-7-13-22(15-20)30-25(33)24(21-12-8-14-23(32)16-21)31-27(35)36-18-19-9-5-4-6-10-19/h4-16,24,32H,17-18H2,1-3H3,(H,29,34)(H,30,33)(H,31,35)/t24-/m0/s1. The zero-order valence-corrected chi connectivity index (χ0v) is 21.0. The number of phenols is 1. The molecule has 194 valence electrons. The lowest BCUT2D eigenvalue weighted by Crippen LogP contribution is -2.37. The first-order valence-corrected chi connectivity index (χ1v) is 11.7. The minimum atomic E-state index is -1.14. The van der Waals surface area contributed by atoms with Gasteiger partial charge in [-0.05, 0) is 61.7 Å². The molecule has 4 N–H and O–H groups in total. The van der Waals surface area contributed by atoms with Crippen molar-refractivity contribution >= 4 is 23.8 Å². The minimum absolute atomic E-state index is 0.0355. The normalized spacial score (nSPS) is 11.6. The highest BCUT2D eigenvalue weighted by Crippen LogP contribution is 2.21. The minimum Gasteiger partial charge on any atom is -0.508 e. The van der Waals surface area contributed by atoms with Crippen LogP contribution in [0.3, 0.4) is 0 Å². The van der Waals surface area contributed by atoms with Gasteiger partial charge in [-0.3, -0.25) is 4.79 Å². The summed E-state index contributed by atoms with van der Waals surface area (Å²) in [6.45, 7) is 5.55. The quantitative estimate of drug-likeness (QED) is 0.340. The number of anilines is 1. The van der Waals surface area contributed by atoms with Crippen molar-refractivity contribution in [1.29, 1.82) is 0 Å². The Morgan fingerprint density at radius 3 is 2.27 bits per heavy atom. The molecule has 3 aromatic rings. The molecule has 9 nitrogen and oxygen atoms in total. The van der Waals surface area contributed by atoms with Gasteiger partial charge in [0, 0.05) is 12.2 Å². The number of carbonyl (C=O) groups excluding carboxylic acids is 3. The molecule has 0 aromatic heterocycles. The van der Waals surface area contributed by atoms with E-state index in [0.717, 1.165) is 11.1 Å². The summed E-state index contributed by atoms with van der Waals surface area (Å²) in [5.74, 6) is -0.593. The number of nitrogens with one attached hydrogen (secondary N) is 3. The van der Waals surface area contributed by atoms with E-state index in [4.69, 9.17) is 9.47 Å². The van der Waals surface area contributed by atoms with Crippen molar-refractivity contribution in [1.82, 2.24) is 10.6 Å². The van der Waals surface area contributed by atoms with Gasteiger partial charge in [-0.1, -0.05) is 54.6 Å². The third-order valence-electron chi connectivity index (χ3n) is 4.97. The number of benzene rings is 3. The number of hydrogen-bond acceptors (Lipinski definition) is 6. The van der Waals surface area contributed by atoms with Gasteiger partial charge in [-0.15, -0.1) is 0 Å². The third kappa shape index (κ3) is 9.21. The van der Waals surface area contributed by atoms with Crippen molar-refractivity contribution in [2.45, 2.75) is 45.6 Å². The highest BCUT2D eigenvalue weighted by atomic mass is 16.6. The van der Waals surface area contributed by atoms with E-state index in [1.807, 2.05) is 30.3 Å². The van der Waals surface area contributed by atoms with Gasteiger partial charge in [0.1, 0.15) is 24.0 Å². The SMILES string of the molecule is CC(C)(C)OC(=O)NCc1cccc(NC(=O)[C@@H](NC(=O)OCc2ccccc2)c2cccc(O)c2)c1. The van der Waals surface area contributed by atoms with Gasteiger partial charge >= 0.3 is 12.2 Å². The predicted molar refractivity (Wildman–Crippen MR) is 139 cm³/mol. The van der Waals surface area contributed by atoms with Crippen LogP contribution >= 0.6 is 0 Å². The smallest absolute Gasteiger partial charge is 0.408 e. The Labute approximate surface area is 215 Å².